The molecule has 2 aliphatic rings. The van der Waals surface area contributed by atoms with Crippen molar-refractivity contribution >= 4 is 23.2 Å². The lowest BCUT2D eigenvalue weighted by Crippen LogP contribution is -2.48. The summed E-state index contributed by atoms with van der Waals surface area (Å²) >= 11 is 1.63. The fourth-order valence-corrected chi connectivity index (χ4v) is 5.12. The second kappa shape index (κ2) is 7.70. The van der Waals surface area contributed by atoms with E-state index in [0.717, 1.165) is 17.0 Å². The molecule has 2 heterocycles. The van der Waals surface area contributed by atoms with Crippen molar-refractivity contribution < 1.29 is 9.59 Å². The van der Waals surface area contributed by atoms with Crippen molar-refractivity contribution in [3.05, 3.63) is 57.8 Å². The number of fused-ring (bicyclic) bond motifs is 1. The summed E-state index contributed by atoms with van der Waals surface area (Å²) in [4.78, 5) is 32.0. The number of nitrogens with zero attached hydrogens (tertiary/aromatic N) is 2. The van der Waals surface area contributed by atoms with E-state index in [0.29, 0.717) is 23.9 Å². The van der Waals surface area contributed by atoms with E-state index >= 15 is 0 Å². The van der Waals surface area contributed by atoms with Gasteiger partial charge in [0.2, 0.25) is 5.91 Å². The van der Waals surface area contributed by atoms with Gasteiger partial charge in [-0.2, -0.15) is 0 Å². The summed E-state index contributed by atoms with van der Waals surface area (Å²) in [6.45, 7) is 5.70. The standard InChI is InChI=1S/C23H28N2O2S/c1-15(2)13-25-21(19-9-6-12-28-19)20(23(27)24(3)14-16-10-11-16)17-7-4-5-8-18(17)22(25)26/h4-9,12,15-16,20-21H,10-11,13-14H2,1-3H3/t20-,21-/m1/s1. The van der Waals surface area contributed by atoms with Crippen LogP contribution in [0.3, 0.4) is 0 Å². The Morgan fingerprint density at radius 1 is 1.21 bits per heavy atom. The molecule has 148 valence electrons. The molecule has 1 fully saturated rings. The monoisotopic (exact) mass is 396 g/mol. The lowest BCUT2D eigenvalue weighted by Gasteiger charge is -2.43. The topological polar surface area (TPSA) is 40.6 Å². The average Bonchev–Trinajstić information content (AvgIpc) is 3.32. The molecule has 0 saturated heterocycles. The molecule has 0 spiro atoms. The van der Waals surface area contributed by atoms with Gasteiger partial charge in [0.15, 0.2) is 0 Å². The molecule has 0 radical (unpaired) electrons. The molecule has 1 aliphatic carbocycles. The van der Waals surface area contributed by atoms with Crippen LogP contribution in [-0.4, -0.2) is 41.8 Å². The fraction of sp³-hybridized carbons (Fsp3) is 0.478. The normalized spacial score (nSPS) is 21.7. The molecule has 2 aromatic rings. The van der Waals surface area contributed by atoms with E-state index in [2.05, 4.69) is 19.9 Å². The lowest BCUT2D eigenvalue weighted by molar-refractivity contribution is -0.133. The molecule has 1 aliphatic heterocycles. The molecule has 0 unspecified atom stereocenters. The maximum atomic E-state index is 13.7. The van der Waals surface area contributed by atoms with E-state index in [4.69, 9.17) is 0 Å². The molecule has 0 N–H and O–H groups in total. The van der Waals surface area contributed by atoms with Gasteiger partial charge in [-0.15, -0.1) is 11.3 Å². The van der Waals surface area contributed by atoms with E-state index in [1.54, 1.807) is 11.3 Å². The summed E-state index contributed by atoms with van der Waals surface area (Å²) in [6.07, 6.45) is 2.43. The first-order valence-corrected chi connectivity index (χ1v) is 11.0. The summed E-state index contributed by atoms with van der Waals surface area (Å²) in [6, 6.07) is 11.5. The van der Waals surface area contributed by atoms with Crippen molar-refractivity contribution in [2.45, 2.75) is 38.6 Å². The third-order valence-corrected chi connectivity index (χ3v) is 6.65. The maximum absolute atomic E-state index is 13.7. The van der Waals surface area contributed by atoms with Gasteiger partial charge >= 0.3 is 0 Å². The Morgan fingerprint density at radius 3 is 2.61 bits per heavy atom. The number of amides is 2. The third-order valence-electron chi connectivity index (χ3n) is 5.71. The molecule has 2 amide bonds. The number of thiophene rings is 1. The van der Waals surface area contributed by atoms with E-state index in [9.17, 15) is 9.59 Å². The molecule has 4 rings (SSSR count). The molecule has 5 heteroatoms. The van der Waals surface area contributed by atoms with Crippen LogP contribution in [0.25, 0.3) is 0 Å². The number of carbonyl (C=O) groups is 2. The van der Waals surface area contributed by atoms with Crippen LogP contribution in [0.15, 0.2) is 41.8 Å². The van der Waals surface area contributed by atoms with Gasteiger partial charge in [-0.05, 0) is 47.8 Å². The number of likely N-dealkylation sites (N-methyl/N-ethyl adjacent to an activating group) is 1. The molecule has 0 bridgehead atoms. The quantitative estimate of drug-likeness (QED) is 0.718. The third kappa shape index (κ3) is 3.60. The highest BCUT2D eigenvalue weighted by molar-refractivity contribution is 7.10. The molecule has 1 saturated carbocycles. The average molecular weight is 397 g/mol. The van der Waals surface area contributed by atoms with Crippen molar-refractivity contribution in [2.75, 3.05) is 20.1 Å². The molecule has 1 aromatic carbocycles. The first-order chi connectivity index (χ1) is 13.5. The van der Waals surface area contributed by atoms with Crippen LogP contribution in [0.1, 0.15) is 59.4 Å². The van der Waals surface area contributed by atoms with Gasteiger partial charge in [0, 0.05) is 30.6 Å². The van der Waals surface area contributed by atoms with Crippen LogP contribution < -0.4 is 0 Å². The van der Waals surface area contributed by atoms with Crippen molar-refractivity contribution in [1.82, 2.24) is 9.80 Å². The zero-order valence-corrected chi connectivity index (χ0v) is 17.6. The SMILES string of the molecule is CC(C)CN1C(=O)c2ccccc2[C@@H](C(=O)N(C)CC2CC2)[C@H]1c1cccs1. The first-order valence-electron chi connectivity index (χ1n) is 10.2. The summed E-state index contributed by atoms with van der Waals surface area (Å²) < 4.78 is 0. The van der Waals surface area contributed by atoms with Gasteiger partial charge in [0.05, 0.1) is 12.0 Å². The van der Waals surface area contributed by atoms with Crippen molar-refractivity contribution in [3.63, 3.8) is 0 Å². The first kappa shape index (κ1) is 19.2. The minimum Gasteiger partial charge on any atom is -0.345 e. The van der Waals surface area contributed by atoms with Crippen LogP contribution in [0.4, 0.5) is 0 Å². The number of benzene rings is 1. The number of carbonyl (C=O) groups excluding carboxylic acids is 2. The van der Waals surface area contributed by atoms with E-state index in [1.165, 1.54) is 12.8 Å². The number of rotatable bonds is 6. The summed E-state index contributed by atoms with van der Waals surface area (Å²) in [5, 5.41) is 2.03. The lowest BCUT2D eigenvalue weighted by atomic mass is 9.80. The molecule has 28 heavy (non-hydrogen) atoms. The molecular formula is C23H28N2O2S. The molecule has 2 atom stereocenters. The van der Waals surface area contributed by atoms with Gasteiger partial charge in [0.25, 0.3) is 5.91 Å². The van der Waals surface area contributed by atoms with Crippen LogP contribution in [0, 0.1) is 11.8 Å². The van der Waals surface area contributed by atoms with Gasteiger partial charge in [-0.1, -0.05) is 38.1 Å². The zero-order chi connectivity index (χ0) is 19.8. The van der Waals surface area contributed by atoms with Crippen molar-refractivity contribution in [1.29, 1.82) is 0 Å². The predicted molar refractivity (Wildman–Crippen MR) is 112 cm³/mol. The van der Waals surface area contributed by atoms with Crippen LogP contribution in [-0.2, 0) is 4.79 Å². The molecule has 1 aromatic heterocycles. The second-order valence-electron chi connectivity index (χ2n) is 8.54. The highest BCUT2D eigenvalue weighted by Crippen LogP contribution is 2.45. The highest BCUT2D eigenvalue weighted by Gasteiger charge is 2.45. The zero-order valence-electron chi connectivity index (χ0n) is 16.8. The fourth-order valence-electron chi connectivity index (χ4n) is 4.24. The number of hydrogen-bond acceptors (Lipinski definition) is 3. The van der Waals surface area contributed by atoms with Crippen LogP contribution in [0.2, 0.25) is 0 Å². The number of hydrogen-bond donors (Lipinski definition) is 0. The summed E-state index contributed by atoms with van der Waals surface area (Å²) in [7, 11) is 1.91. The molecule has 4 nitrogen and oxygen atoms in total. The largest absolute Gasteiger partial charge is 0.345 e. The van der Waals surface area contributed by atoms with Gasteiger partial charge in [-0.25, -0.2) is 0 Å². The second-order valence-corrected chi connectivity index (χ2v) is 9.52. The molecular weight excluding hydrogens is 368 g/mol. The van der Waals surface area contributed by atoms with E-state index < -0.39 is 0 Å². The Kier molecular flexibility index (Phi) is 5.28. The van der Waals surface area contributed by atoms with Gasteiger partial charge in [-0.3, -0.25) is 9.59 Å². The Hall–Kier alpha value is -2.14. The van der Waals surface area contributed by atoms with Gasteiger partial charge in [0.1, 0.15) is 0 Å². The smallest absolute Gasteiger partial charge is 0.254 e. The minimum absolute atomic E-state index is 0.0385. The van der Waals surface area contributed by atoms with Crippen molar-refractivity contribution in [2.24, 2.45) is 11.8 Å². The Morgan fingerprint density at radius 2 is 1.96 bits per heavy atom. The van der Waals surface area contributed by atoms with E-state index in [-0.39, 0.29) is 23.8 Å². The maximum Gasteiger partial charge on any atom is 0.254 e. The predicted octanol–water partition coefficient (Wildman–Crippen LogP) is 4.55. The van der Waals surface area contributed by atoms with E-state index in [1.807, 2.05) is 52.6 Å². The van der Waals surface area contributed by atoms with Crippen LogP contribution in [0.5, 0.6) is 0 Å². The van der Waals surface area contributed by atoms with Crippen LogP contribution >= 0.6 is 11.3 Å². The summed E-state index contributed by atoms with van der Waals surface area (Å²) in [5.41, 5.74) is 1.55. The summed E-state index contributed by atoms with van der Waals surface area (Å²) in [5.74, 6) is 0.781. The van der Waals surface area contributed by atoms with Gasteiger partial charge < -0.3 is 9.80 Å². The highest BCUT2D eigenvalue weighted by atomic mass is 32.1. The Labute approximate surface area is 171 Å². The Bertz CT molecular complexity index is 857. The van der Waals surface area contributed by atoms with Crippen molar-refractivity contribution in [3.8, 4) is 0 Å². The minimum atomic E-state index is -0.352. The Balaban J connectivity index is 1.81.